The topological polar surface area (TPSA) is 89.2 Å². The van der Waals surface area contributed by atoms with Crippen LogP contribution in [-0.4, -0.2) is 55.3 Å². The van der Waals surface area contributed by atoms with Gasteiger partial charge in [0.1, 0.15) is 17.7 Å². The van der Waals surface area contributed by atoms with Gasteiger partial charge < -0.3 is 25.4 Å². The second-order valence-electron chi connectivity index (χ2n) is 6.44. The summed E-state index contributed by atoms with van der Waals surface area (Å²) in [5.74, 6) is 0.502. The summed E-state index contributed by atoms with van der Waals surface area (Å²) in [6.07, 6.45) is 1.85. The van der Waals surface area contributed by atoms with E-state index in [2.05, 4.69) is 10.3 Å². The molecule has 1 aromatic carbocycles. The Kier molecular flexibility index (Phi) is 8.16. The standard InChI is InChI=1S/C19H29FN4O3/c1-3-16(27-17-7-5-6-14(20)12-17)13-22-18(21)23-15-8-10-24(11-9-15)19(25)26-4-2/h5-7,12,15-16H,3-4,8-11,13H2,1-2H3,(H3,21,22,23). The molecule has 1 unspecified atom stereocenters. The summed E-state index contributed by atoms with van der Waals surface area (Å²) in [6, 6.07) is 6.23. The van der Waals surface area contributed by atoms with E-state index in [9.17, 15) is 9.18 Å². The third kappa shape index (κ3) is 6.96. The Bertz CT molecular complexity index is 633. The van der Waals surface area contributed by atoms with Crippen molar-refractivity contribution in [2.75, 3.05) is 26.2 Å². The van der Waals surface area contributed by atoms with E-state index in [1.807, 2.05) is 6.92 Å². The molecule has 1 amide bonds. The number of hydrogen-bond donors (Lipinski definition) is 2. The maximum atomic E-state index is 13.2. The normalized spacial score (nSPS) is 16.7. The highest BCUT2D eigenvalue weighted by molar-refractivity contribution is 5.78. The predicted octanol–water partition coefficient (Wildman–Crippen LogP) is 2.51. The van der Waals surface area contributed by atoms with Crippen LogP contribution in [-0.2, 0) is 4.74 Å². The van der Waals surface area contributed by atoms with Gasteiger partial charge >= 0.3 is 6.09 Å². The van der Waals surface area contributed by atoms with Gasteiger partial charge in [0.2, 0.25) is 0 Å². The highest BCUT2D eigenvalue weighted by Crippen LogP contribution is 2.15. The van der Waals surface area contributed by atoms with Crippen LogP contribution in [0.15, 0.2) is 29.3 Å². The van der Waals surface area contributed by atoms with Crippen LogP contribution in [0.5, 0.6) is 5.75 Å². The number of rotatable bonds is 7. The number of ether oxygens (including phenoxy) is 2. The number of halogens is 1. The Hall–Kier alpha value is -2.51. The minimum atomic E-state index is -0.332. The molecule has 7 nitrogen and oxygen atoms in total. The molecule has 0 spiro atoms. The Morgan fingerprint density at radius 2 is 2.15 bits per heavy atom. The Labute approximate surface area is 159 Å². The van der Waals surface area contributed by atoms with Gasteiger partial charge in [-0.15, -0.1) is 0 Å². The van der Waals surface area contributed by atoms with E-state index in [-0.39, 0.29) is 24.1 Å². The van der Waals surface area contributed by atoms with Crippen molar-refractivity contribution in [3.05, 3.63) is 30.1 Å². The Morgan fingerprint density at radius 1 is 1.41 bits per heavy atom. The lowest BCUT2D eigenvalue weighted by molar-refractivity contribution is 0.0963. The third-order valence-corrected chi connectivity index (χ3v) is 4.39. The molecule has 0 aliphatic carbocycles. The highest BCUT2D eigenvalue weighted by Gasteiger charge is 2.23. The Morgan fingerprint density at radius 3 is 2.78 bits per heavy atom. The summed E-state index contributed by atoms with van der Waals surface area (Å²) in [5.41, 5.74) is 5.99. The molecule has 1 saturated heterocycles. The molecule has 2 rings (SSSR count). The number of benzene rings is 1. The van der Waals surface area contributed by atoms with Gasteiger partial charge in [0.15, 0.2) is 5.96 Å². The molecule has 150 valence electrons. The summed E-state index contributed by atoms with van der Waals surface area (Å²) in [5, 5.41) is 3.20. The molecule has 1 aromatic rings. The molecule has 1 aliphatic heterocycles. The average Bonchev–Trinajstić information content (AvgIpc) is 2.66. The molecule has 1 fully saturated rings. The van der Waals surface area contributed by atoms with E-state index in [0.29, 0.717) is 38.0 Å². The van der Waals surface area contributed by atoms with Crippen molar-refractivity contribution in [1.29, 1.82) is 0 Å². The summed E-state index contributed by atoms with van der Waals surface area (Å²) in [7, 11) is 0. The van der Waals surface area contributed by atoms with Gasteiger partial charge in [-0.05, 0) is 38.3 Å². The smallest absolute Gasteiger partial charge is 0.409 e. The van der Waals surface area contributed by atoms with Gasteiger partial charge in [-0.2, -0.15) is 0 Å². The molecule has 27 heavy (non-hydrogen) atoms. The fourth-order valence-electron chi connectivity index (χ4n) is 2.86. The van der Waals surface area contributed by atoms with Gasteiger partial charge in [-0.3, -0.25) is 0 Å². The first kappa shape index (κ1) is 20.8. The number of carbonyl (C=O) groups excluding carboxylic acids is 1. The maximum Gasteiger partial charge on any atom is 0.409 e. The first-order valence-corrected chi connectivity index (χ1v) is 9.42. The minimum Gasteiger partial charge on any atom is -0.488 e. The lowest BCUT2D eigenvalue weighted by Crippen LogP contribution is -2.48. The van der Waals surface area contributed by atoms with E-state index in [0.717, 1.165) is 19.3 Å². The van der Waals surface area contributed by atoms with Crippen molar-refractivity contribution >= 4 is 12.1 Å². The van der Waals surface area contributed by atoms with E-state index in [1.54, 1.807) is 24.0 Å². The number of nitrogens with zero attached hydrogens (tertiary/aromatic N) is 2. The van der Waals surface area contributed by atoms with E-state index >= 15 is 0 Å². The number of piperidine rings is 1. The first-order valence-electron chi connectivity index (χ1n) is 9.42. The zero-order valence-electron chi connectivity index (χ0n) is 16.0. The van der Waals surface area contributed by atoms with Crippen LogP contribution in [0.25, 0.3) is 0 Å². The zero-order chi connectivity index (χ0) is 19.6. The zero-order valence-corrected chi connectivity index (χ0v) is 16.0. The van der Waals surface area contributed by atoms with Crippen molar-refractivity contribution in [3.63, 3.8) is 0 Å². The number of amides is 1. The number of hydrogen-bond acceptors (Lipinski definition) is 4. The number of guanidine groups is 1. The maximum absolute atomic E-state index is 13.2. The molecule has 1 atom stereocenters. The van der Waals surface area contributed by atoms with E-state index < -0.39 is 0 Å². The van der Waals surface area contributed by atoms with Gasteiger partial charge in [0, 0.05) is 25.2 Å². The lowest BCUT2D eigenvalue weighted by Gasteiger charge is -2.31. The van der Waals surface area contributed by atoms with E-state index in [4.69, 9.17) is 15.2 Å². The number of nitrogens with one attached hydrogen (secondary N) is 1. The first-order chi connectivity index (χ1) is 13.0. The molecule has 8 heteroatoms. The quantitative estimate of drug-likeness (QED) is 0.560. The molecule has 0 saturated carbocycles. The summed E-state index contributed by atoms with van der Waals surface area (Å²) >= 11 is 0. The van der Waals surface area contributed by atoms with Crippen LogP contribution in [0.1, 0.15) is 33.1 Å². The molecule has 0 radical (unpaired) electrons. The fourth-order valence-corrected chi connectivity index (χ4v) is 2.86. The largest absolute Gasteiger partial charge is 0.488 e. The van der Waals surface area contributed by atoms with Crippen LogP contribution >= 0.6 is 0 Å². The van der Waals surface area contributed by atoms with Crippen LogP contribution < -0.4 is 15.8 Å². The van der Waals surface area contributed by atoms with Gasteiger partial charge in [-0.1, -0.05) is 13.0 Å². The summed E-state index contributed by atoms with van der Waals surface area (Å²) in [6.45, 7) is 5.80. The number of nitrogens with two attached hydrogens (primary N) is 1. The minimum absolute atomic E-state index is 0.170. The molecular formula is C19H29FN4O3. The van der Waals surface area contributed by atoms with Crippen LogP contribution in [0.3, 0.4) is 0 Å². The Balaban J connectivity index is 1.77. The molecule has 3 N–H and O–H groups in total. The van der Waals surface area contributed by atoms with Crippen molar-refractivity contribution in [1.82, 2.24) is 10.2 Å². The summed E-state index contributed by atoms with van der Waals surface area (Å²) in [4.78, 5) is 17.8. The fraction of sp³-hybridized carbons (Fsp3) is 0.579. The number of carbonyl (C=O) groups is 1. The molecule has 0 bridgehead atoms. The SMILES string of the molecule is CCOC(=O)N1CCC(NC(N)=NCC(CC)Oc2cccc(F)c2)CC1. The average molecular weight is 380 g/mol. The van der Waals surface area contributed by atoms with Crippen molar-refractivity contribution < 1.29 is 18.7 Å². The van der Waals surface area contributed by atoms with Crippen molar-refractivity contribution in [2.45, 2.75) is 45.3 Å². The second kappa shape index (κ2) is 10.6. The second-order valence-corrected chi connectivity index (χ2v) is 6.44. The van der Waals surface area contributed by atoms with E-state index in [1.165, 1.54) is 12.1 Å². The molecule has 1 heterocycles. The molecular weight excluding hydrogens is 351 g/mol. The van der Waals surface area contributed by atoms with Crippen LogP contribution in [0.2, 0.25) is 0 Å². The number of aliphatic imine (C=N–C) groups is 1. The summed E-state index contributed by atoms with van der Waals surface area (Å²) < 4.78 is 24.0. The predicted molar refractivity (Wildman–Crippen MR) is 102 cm³/mol. The van der Waals surface area contributed by atoms with Gasteiger partial charge in [0.25, 0.3) is 0 Å². The highest BCUT2D eigenvalue weighted by atomic mass is 19.1. The molecule has 1 aliphatic rings. The van der Waals surface area contributed by atoms with Crippen molar-refractivity contribution in [3.8, 4) is 5.75 Å². The third-order valence-electron chi connectivity index (χ3n) is 4.39. The monoisotopic (exact) mass is 380 g/mol. The number of likely N-dealkylation sites (tertiary alicyclic amines) is 1. The van der Waals surface area contributed by atoms with Gasteiger partial charge in [0.05, 0.1) is 13.2 Å². The van der Waals surface area contributed by atoms with Crippen molar-refractivity contribution in [2.24, 2.45) is 10.7 Å². The lowest BCUT2D eigenvalue weighted by atomic mass is 10.1. The molecule has 0 aromatic heterocycles. The van der Waals surface area contributed by atoms with Crippen LogP contribution in [0, 0.1) is 5.82 Å². The van der Waals surface area contributed by atoms with Gasteiger partial charge in [-0.25, -0.2) is 14.2 Å². The van der Waals surface area contributed by atoms with Crippen LogP contribution in [0.4, 0.5) is 9.18 Å².